The SMILES string of the molecule is O=C(COC(=O)c1ccccc1I)NCc1ccco1. The van der Waals surface area contributed by atoms with E-state index in [4.69, 9.17) is 9.15 Å². The first-order chi connectivity index (χ1) is 9.66. The highest BCUT2D eigenvalue weighted by Gasteiger charge is 2.12. The van der Waals surface area contributed by atoms with Gasteiger partial charge in [0, 0.05) is 3.57 Å². The highest BCUT2D eigenvalue weighted by molar-refractivity contribution is 14.1. The molecule has 1 aromatic carbocycles. The molecule has 0 unspecified atom stereocenters. The molecule has 6 heteroatoms. The summed E-state index contributed by atoms with van der Waals surface area (Å²) in [5.41, 5.74) is 0.451. The first-order valence-electron chi connectivity index (χ1n) is 5.87. The summed E-state index contributed by atoms with van der Waals surface area (Å²) in [6, 6.07) is 10.5. The summed E-state index contributed by atoms with van der Waals surface area (Å²) in [5, 5.41) is 2.59. The third-order valence-corrected chi connectivity index (χ3v) is 3.41. The van der Waals surface area contributed by atoms with E-state index in [-0.39, 0.29) is 19.1 Å². The Balaban J connectivity index is 1.78. The van der Waals surface area contributed by atoms with E-state index < -0.39 is 5.97 Å². The molecule has 104 valence electrons. The van der Waals surface area contributed by atoms with Crippen molar-refractivity contribution in [1.29, 1.82) is 0 Å². The van der Waals surface area contributed by atoms with Gasteiger partial charge in [0.2, 0.25) is 0 Å². The highest BCUT2D eigenvalue weighted by Crippen LogP contribution is 2.12. The van der Waals surface area contributed by atoms with Crippen molar-refractivity contribution in [2.75, 3.05) is 6.61 Å². The molecule has 1 amide bonds. The molecular formula is C14H12INO4. The number of hydrogen-bond acceptors (Lipinski definition) is 4. The summed E-state index contributed by atoms with van der Waals surface area (Å²) in [5.74, 6) is -0.244. The Kier molecular flexibility index (Phi) is 5.16. The minimum absolute atomic E-state index is 0.270. The lowest BCUT2D eigenvalue weighted by Crippen LogP contribution is -2.28. The van der Waals surface area contributed by atoms with Crippen LogP contribution >= 0.6 is 22.6 Å². The lowest BCUT2D eigenvalue weighted by atomic mass is 10.2. The fourth-order valence-electron chi connectivity index (χ4n) is 1.49. The molecule has 1 aromatic heterocycles. The minimum Gasteiger partial charge on any atom is -0.467 e. The van der Waals surface area contributed by atoms with E-state index in [9.17, 15) is 9.59 Å². The molecule has 1 heterocycles. The van der Waals surface area contributed by atoms with Crippen molar-refractivity contribution in [3.63, 3.8) is 0 Å². The number of esters is 1. The second-order valence-corrected chi connectivity index (χ2v) is 5.07. The highest BCUT2D eigenvalue weighted by atomic mass is 127. The number of nitrogens with one attached hydrogen (secondary N) is 1. The zero-order valence-corrected chi connectivity index (χ0v) is 12.6. The Morgan fingerprint density at radius 3 is 2.70 bits per heavy atom. The van der Waals surface area contributed by atoms with Gasteiger partial charge in [-0.15, -0.1) is 0 Å². The maximum absolute atomic E-state index is 11.8. The summed E-state index contributed by atoms with van der Waals surface area (Å²) in [6.45, 7) is -0.0449. The Bertz CT molecular complexity index is 595. The molecule has 2 rings (SSSR count). The Morgan fingerprint density at radius 1 is 1.20 bits per heavy atom. The predicted octanol–water partition coefficient (Wildman–Crippen LogP) is 2.36. The first kappa shape index (κ1) is 14.6. The number of amides is 1. The quantitative estimate of drug-likeness (QED) is 0.634. The molecule has 0 spiro atoms. The van der Waals surface area contributed by atoms with Crippen molar-refractivity contribution in [2.45, 2.75) is 6.54 Å². The molecule has 20 heavy (non-hydrogen) atoms. The van der Waals surface area contributed by atoms with Gasteiger partial charge in [-0.3, -0.25) is 4.79 Å². The molecule has 0 aliphatic carbocycles. The Morgan fingerprint density at radius 2 is 2.00 bits per heavy atom. The topological polar surface area (TPSA) is 68.5 Å². The van der Waals surface area contributed by atoms with Crippen LogP contribution in [0.2, 0.25) is 0 Å². The number of rotatable bonds is 5. The molecule has 0 aliphatic heterocycles. The predicted molar refractivity (Wildman–Crippen MR) is 80.0 cm³/mol. The maximum Gasteiger partial charge on any atom is 0.339 e. The molecule has 0 saturated carbocycles. The Hall–Kier alpha value is -1.83. The Labute approximate surface area is 129 Å². The molecule has 0 fully saturated rings. The van der Waals surface area contributed by atoms with E-state index in [1.165, 1.54) is 6.26 Å². The van der Waals surface area contributed by atoms with Gasteiger partial charge >= 0.3 is 5.97 Å². The van der Waals surface area contributed by atoms with Crippen LogP contribution in [0, 0.1) is 3.57 Å². The molecule has 5 nitrogen and oxygen atoms in total. The van der Waals surface area contributed by atoms with Gasteiger partial charge in [0.05, 0.1) is 18.4 Å². The number of furan rings is 1. The fraction of sp³-hybridized carbons (Fsp3) is 0.143. The molecular weight excluding hydrogens is 373 g/mol. The van der Waals surface area contributed by atoms with Crippen LogP contribution in [0.3, 0.4) is 0 Å². The lowest BCUT2D eigenvalue weighted by Gasteiger charge is -2.06. The number of carbonyl (C=O) groups excluding carboxylic acids is 2. The number of benzene rings is 1. The van der Waals surface area contributed by atoms with Crippen LogP contribution in [0.1, 0.15) is 16.1 Å². The van der Waals surface area contributed by atoms with E-state index in [2.05, 4.69) is 5.32 Å². The smallest absolute Gasteiger partial charge is 0.339 e. The molecule has 0 atom stereocenters. The van der Waals surface area contributed by atoms with Gasteiger partial charge in [0.25, 0.3) is 5.91 Å². The van der Waals surface area contributed by atoms with Gasteiger partial charge in [-0.05, 0) is 46.9 Å². The van der Waals surface area contributed by atoms with Gasteiger partial charge < -0.3 is 14.5 Å². The first-order valence-corrected chi connectivity index (χ1v) is 6.95. The van der Waals surface area contributed by atoms with Crippen LogP contribution in [0.15, 0.2) is 47.1 Å². The van der Waals surface area contributed by atoms with Crippen LogP contribution in [0.5, 0.6) is 0 Å². The van der Waals surface area contributed by atoms with Gasteiger partial charge in [-0.25, -0.2) is 4.79 Å². The van der Waals surface area contributed by atoms with E-state index in [1.54, 1.807) is 30.3 Å². The van der Waals surface area contributed by atoms with E-state index in [1.807, 2.05) is 28.7 Å². The van der Waals surface area contributed by atoms with Crippen molar-refractivity contribution in [3.05, 3.63) is 57.6 Å². The summed E-state index contributed by atoms with van der Waals surface area (Å²) >= 11 is 2.04. The summed E-state index contributed by atoms with van der Waals surface area (Å²) in [4.78, 5) is 23.3. The molecule has 0 bridgehead atoms. The lowest BCUT2D eigenvalue weighted by molar-refractivity contribution is -0.124. The average Bonchev–Trinajstić information content (AvgIpc) is 2.96. The summed E-state index contributed by atoms with van der Waals surface area (Å²) < 4.78 is 10.8. The molecule has 0 aliphatic rings. The molecule has 2 aromatic rings. The third-order valence-electron chi connectivity index (χ3n) is 2.47. The monoisotopic (exact) mass is 385 g/mol. The number of ether oxygens (including phenoxy) is 1. The average molecular weight is 385 g/mol. The van der Waals surface area contributed by atoms with Gasteiger partial charge in [0.1, 0.15) is 5.76 Å². The van der Waals surface area contributed by atoms with Crippen LogP contribution in [-0.2, 0) is 16.1 Å². The van der Waals surface area contributed by atoms with Crippen molar-refractivity contribution in [3.8, 4) is 0 Å². The molecule has 0 saturated heterocycles. The zero-order valence-electron chi connectivity index (χ0n) is 10.5. The van der Waals surface area contributed by atoms with Gasteiger partial charge in [-0.1, -0.05) is 12.1 Å². The van der Waals surface area contributed by atoms with Gasteiger partial charge in [-0.2, -0.15) is 0 Å². The third kappa shape index (κ3) is 4.09. The van der Waals surface area contributed by atoms with E-state index in [0.29, 0.717) is 11.3 Å². The number of hydrogen-bond donors (Lipinski definition) is 1. The molecule has 1 N–H and O–H groups in total. The van der Waals surface area contributed by atoms with E-state index >= 15 is 0 Å². The van der Waals surface area contributed by atoms with E-state index in [0.717, 1.165) is 3.57 Å². The number of halogens is 1. The van der Waals surface area contributed by atoms with Crippen molar-refractivity contribution in [1.82, 2.24) is 5.32 Å². The number of carbonyl (C=O) groups is 2. The van der Waals surface area contributed by atoms with Crippen molar-refractivity contribution < 1.29 is 18.7 Å². The van der Waals surface area contributed by atoms with Crippen LogP contribution < -0.4 is 5.32 Å². The van der Waals surface area contributed by atoms with Crippen LogP contribution in [0.25, 0.3) is 0 Å². The van der Waals surface area contributed by atoms with Gasteiger partial charge in [0.15, 0.2) is 6.61 Å². The maximum atomic E-state index is 11.8. The standard InChI is InChI=1S/C14H12INO4/c15-12-6-2-1-5-11(12)14(18)20-9-13(17)16-8-10-4-3-7-19-10/h1-7H,8-9H2,(H,16,17). The summed E-state index contributed by atoms with van der Waals surface area (Å²) in [6.07, 6.45) is 1.53. The largest absolute Gasteiger partial charge is 0.467 e. The molecule has 0 radical (unpaired) electrons. The van der Waals surface area contributed by atoms with Crippen molar-refractivity contribution >= 4 is 34.5 Å². The minimum atomic E-state index is -0.511. The van der Waals surface area contributed by atoms with Crippen molar-refractivity contribution in [2.24, 2.45) is 0 Å². The normalized spacial score (nSPS) is 10.1. The van der Waals surface area contributed by atoms with Crippen LogP contribution in [0.4, 0.5) is 0 Å². The fourth-order valence-corrected chi connectivity index (χ4v) is 2.09. The second kappa shape index (κ2) is 7.09. The van der Waals surface area contributed by atoms with Crippen LogP contribution in [-0.4, -0.2) is 18.5 Å². The summed E-state index contributed by atoms with van der Waals surface area (Å²) in [7, 11) is 0. The second-order valence-electron chi connectivity index (χ2n) is 3.91. The zero-order chi connectivity index (χ0) is 14.4.